The van der Waals surface area contributed by atoms with Crippen molar-refractivity contribution in [1.82, 2.24) is 4.90 Å². The summed E-state index contributed by atoms with van der Waals surface area (Å²) >= 11 is 3.63. The summed E-state index contributed by atoms with van der Waals surface area (Å²) in [5, 5.41) is 0. The van der Waals surface area contributed by atoms with E-state index in [0.717, 1.165) is 49.0 Å². The van der Waals surface area contributed by atoms with Gasteiger partial charge in [0.2, 0.25) is 0 Å². The van der Waals surface area contributed by atoms with Gasteiger partial charge in [0.1, 0.15) is 11.5 Å². The SMILES string of the molecule is COc1ccc(Br)c(CN2CCCC2C2CCCC2=O)c1. The molecule has 4 heteroatoms. The van der Waals surface area contributed by atoms with Crippen LogP contribution in [0, 0.1) is 5.92 Å². The van der Waals surface area contributed by atoms with Gasteiger partial charge in [0.25, 0.3) is 0 Å². The first kappa shape index (κ1) is 15.0. The van der Waals surface area contributed by atoms with Crippen LogP contribution >= 0.6 is 15.9 Å². The molecule has 0 aromatic heterocycles. The van der Waals surface area contributed by atoms with Crippen molar-refractivity contribution in [3.05, 3.63) is 28.2 Å². The van der Waals surface area contributed by atoms with E-state index in [0.29, 0.717) is 11.8 Å². The summed E-state index contributed by atoms with van der Waals surface area (Å²) in [6.45, 7) is 1.99. The maximum absolute atomic E-state index is 12.1. The molecule has 1 aromatic rings. The van der Waals surface area contributed by atoms with Gasteiger partial charge in [-0.25, -0.2) is 0 Å². The molecule has 1 aliphatic carbocycles. The molecule has 0 N–H and O–H groups in total. The molecule has 3 rings (SSSR count). The van der Waals surface area contributed by atoms with Crippen molar-refractivity contribution in [1.29, 1.82) is 0 Å². The van der Waals surface area contributed by atoms with Crippen molar-refractivity contribution in [2.75, 3.05) is 13.7 Å². The molecule has 2 fully saturated rings. The lowest BCUT2D eigenvalue weighted by Crippen LogP contribution is -2.37. The number of hydrogen-bond acceptors (Lipinski definition) is 3. The molecule has 21 heavy (non-hydrogen) atoms. The van der Waals surface area contributed by atoms with Crippen LogP contribution in [-0.2, 0) is 11.3 Å². The minimum absolute atomic E-state index is 0.275. The van der Waals surface area contributed by atoms with Gasteiger partial charge in [-0.2, -0.15) is 0 Å². The average molecular weight is 352 g/mol. The number of halogens is 1. The van der Waals surface area contributed by atoms with Crippen LogP contribution in [0.3, 0.4) is 0 Å². The van der Waals surface area contributed by atoms with Crippen LogP contribution in [0.5, 0.6) is 5.75 Å². The fourth-order valence-electron chi connectivity index (χ4n) is 3.77. The number of likely N-dealkylation sites (tertiary alicyclic amines) is 1. The summed E-state index contributed by atoms with van der Waals surface area (Å²) in [7, 11) is 1.70. The Balaban J connectivity index is 1.75. The average Bonchev–Trinajstić information content (AvgIpc) is 3.09. The topological polar surface area (TPSA) is 29.5 Å². The minimum Gasteiger partial charge on any atom is -0.497 e. The maximum atomic E-state index is 12.1. The van der Waals surface area contributed by atoms with E-state index in [-0.39, 0.29) is 5.92 Å². The third-order valence-corrected chi connectivity index (χ3v) is 5.63. The van der Waals surface area contributed by atoms with Crippen molar-refractivity contribution in [3.63, 3.8) is 0 Å². The Morgan fingerprint density at radius 1 is 1.33 bits per heavy atom. The van der Waals surface area contributed by atoms with Gasteiger partial charge in [-0.3, -0.25) is 9.69 Å². The predicted octanol–water partition coefficient (Wildman–Crippen LogP) is 3.79. The first-order valence-electron chi connectivity index (χ1n) is 7.78. The number of methoxy groups -OCH3 is 1. The fourth-order valence-corrected chi connectivity index (χ4v) is 4.14. The van der Waals surface area contributed by atoms with Crippen LogP contribution in [0.2, 0.25) is 0 Å². The molecule has 114 valence electrons. The highest BCUT2D eigenvalue weighted by atomic mass is 79.9. The summed E-state index contributed by atoms with van der Waals surface area (Å²) in [6, 6.07) is 6.55. The van der Waals surface area contributed by atoms with Crippen molar-refractivity contribution >= 4 is 21.7 Å². The van der Waals surface area contributed by atoms with Gasteiger partial charge in [0, 0.05) is 29.4 Å². The number of carbonyl (C=O) groups excluding carboxylic acids is 1. The normalized spacial score (nSPS) is 26.5. The van der Waals surface area contributed by atoms with Gasteiger partial charge in [-0.05, 0) is 56.0 Å². The summed E-state index contributed by atoms with van der Waals surface area (Å²) in [4.78, 5) is 14.6. The molecule has 2 unspecified atom stereocenters. The monoisotopic (exact) mass is 351 g/mol. The molecule has 2 aliphatic rings. The molecule has 0 radical (unpaired) electrons. The van der Waals surface area contributed by atoms with Crippen LogP contribution in [-0.4, -0.2) is 30.4 Å². The highest BCUT2D eigenvalue weighted by Gasteiger charge is 2.38. The first-order valence-corrected chi connectivity index (χ1v) is 8.57. The molecule has 0 bridgehead atoms. The molecule has 1 aromatic carbocycles. The summed E-state index contributed by atoms with van der Waals surface area (Å²) in [5.41, 5.74) is 1.24. The summed E-state index contributed by atoms with van der Waals surface area (Å²) < 4.78 is 6.44. The molecule has 1 heterocycles. The van der Waals surface area contributed by atoms with Gasteiger partial charge in [-0.15, -0.1) is 0 Å². The van der Waals surface area contributed by atoms with E-state index in [1.54, 1.807) is 7.11 Å². The van der Waals surface area contributed by atoms with Crippen molar-refractivity contribution in [2.24, 2.45) is 5.92 Å². The highest BCUT2D eigenvalue weighted by Crippen LogP contribution is 2.35. The first-order chi connectivity index (χ1) is 10.2. The third-order valence-electron chi connectivity index (χ3n) is 4.86. The number of carbonyl (C=O) groups is 1. The Bertz CT molecular complexity index is 532. The second-order valence-electron chi connectivity index (χ2n) is 6.10. The van der Waals surface area contributed by atoms with Crippen LogP contribution in [0.1, 0.15) is 37.7 Å². The highest BCUT2D eigenvalue weighted by molar-refractivity contribution is 9.10. The number of ether oxygens (including phenoxy) is 1. The van der Waals surface area contributed by atoms with E-state index in [4.69, 9.17) is 4.74 Å². The van der Waals surface area contributed by atoms with Crippen molar-refractivity contribution in [2.45, 2.75) is 44.7 Å². The molecule has 1 saturated carbocycles. The Kier molecular flexibility index (Phi) is 4.65. The predicted molar refractivity (Wildman–Crippen MR) is 86.5 cm³/mol. The van der Waals surface area contributed by atoms with Crippen molar-refractivity contribution < 1.29 is 9.53 Å². The van der Waals surface area contributed by atoms with E-state index in [1.165, 1.54) is 12.0 Å². The molecule has 0 amide bonds. The molecule has 1 aliphatic heterocycles. The zero-order chi connectivity index (χ0) is 14.8. The second-order valence-corrected chi connectivity index (χ2v) is 6.96. The van der Waals surface area contributed by atoms with Crippen molar-refractivity contribution in [3.8, 4) is 5.75 Å². The smallest absolute Gasteiger partial charge is 0.137 e. The molecular weight excluding hydrogens is 330 g/mol. The van der Waals surface area contributed by atoms with Crippen LogP contribution in [0.4, 0.5) is 0 Å². The Hall–Kier alpha value is -0.870. The fraction of sp³-hybridized carbons (Fsp3) is 0.588. The minimum atomic E-state index is 0.275. The number of rotatable bonds is 4. The van der Waals surface area contributed by atoms with E-state index in [1.807, 2.05) is 12.1 Å². The lowest BCUT2D eigenvalue weighted by atomic mass is 9.95. The molecule has 3 nitrogen and oxygen atoms in total. The van der Waals surface area contributed by atoms with E-state index >= 15 is 0 Å². The Labute approximate surface area is 134 Å². The van der Waals surface area contributed by atoms with Crippen LogP contribution in [0.15, 0.2) is 22.7 Å². The third kappa shape index (κ3) is 3.16. The zero-order valence-electron chi connectivity index (χ0n) is 12.5. The number of ketones is 1. The van der Waals surface area contributed by atoms with Gasteiger partial charge in [0.15, 0.2) is 0 Å². The lowest BCUT2D eigenvalue weighted by Gasteiger charge is -2.29. The number of benzene rings is 1. The molecule has 2 atom stereocenters. The summed E-state index contributed by atoms with van der Waals surface area (Å²) in [6.07, 6.45) is 5.32. The summed E-state index contributed by atoms with van der Waals surface area (Å²) in [5.74, 6) is 1.65. The van der Waals surface area contributed by atoms with E-state index < -0.39 is 0 Å². The van der Waals surface area contributed by atoms with Crippen LogP contribution in [0.25, 0.3) is 0 Å². The Morgan fingerprint density at radius 2 is 2.19 bits per heavy atom. The van der Waals surface area contributed by atoms with Gasteiger partial charge in [-0.1, -0.05) is 15.9 Å². The van der Waals surface area contributed by atoms with Gasteiger partial charge < -0.3 is 4.74 Å². The standard InChI is InChI=1S/C17H22BrNO2/c1-21-13-7-8-15(18)12(10-13)11-19-9-3-5-16(19)14-4-2-6-17(14)20/h7-8,10,14,16H,2-6,9,11H2,1H3. The quantitative estimate of drug-likeness (QED) is 0.826. The Morgan fingerprint density at radius 3 is 2.90 bits per heavy atom. The molecule has 0 spiro atoms. The number of Topliss-reactive ketones (excluding diaryl/α,β-unsaturated/α-hetero) is 1. The van der Waals surface area contributed by atoms with E-state index in [2.05, 4.69) is 26.9 Å². The second kappa shape index (κ2) is 6.49. The molecular formula is C17H22BrNO2. The van der Waals surface area contributed by atoms with Crippen LogP contribution < -0.4 is 4.74 Å². The van der Waals surface area contributed by atoms with Gasteiger partial charge >= 0.3 is 0 Å². The molecule has 1 saturated heterocycles. The zero-order valence-corrected chi connectivity index (χ0v) is 14.1. The largest absolute Gasteiger partial charge is 0.497 e. The lowest BCUT2D eigenvalue weighted by molar-refractivity contribution is -0.122. The van der Waals surface area contributed by atoms with Gasteiger partial charge in [0.05, 0.1) is 7.11 Å². The van der Waals surface area contributed by atoms with E-state index in [9.17, 15) is 4.79 Å². The number of hydrogen-bond donors (Lipinski definition) is 0. The number of nitrogens with zero attached hydrogens (tertiary/aromatic N) is 1. The maximum Gasteiger partial charge on any atom is 0.137 e.